The van der Waals surface area contributed by atoms with Crippen molar-refractivity contribution in [3.8, 4) is 0 Å². The van der Waals surface area contributed by atoms with Gasteiger partial charge in [-0.15, -0.1) is 13.2 Å². The first-order chi connectivity index (χ1) is 9.69. The second-order valence-corrected chi connectivity index (χ2v) is 3.30. The molecule has 0 saturated carbocycles. The number of ether oxygens (including phenoxy) is 2. The maximum absolute atomic E-state index is 11.4. The molecule has 0 aliphatic heterocycles. The maximum Gasteiger partial charge on any atom is 0.338 e. The number of hydrogen-bond donors (Lipinski definition) is 2. The standard InChI is InChI=1S/C12H14O6.C2H4/c13-5-7-17-11(15)9-1-2-10(4-3-9)12(16)18-8-6-14;1-2/h1-4,13-14H,5-8H2;1-2H2. The van der Waals surface area contributed by atoms with E-state index in [0.29, 0.717) is 0 Å². The Morgan fingerprint density at radius 1 is 0.850 bits per heavy atom. The molecule has 20 heavy (non-hydrogen) atoms. The van der Waals surface area contributed by atoms with Crippen LogP contribution in [-0.4, -0.2) is 48.6 Å². The first kappa shape index (κ1) is 17.8. The van der Waals surface area contributed by atoms with Crippen LogP contribution in [0.4, 0.5) is 0 Å². The Bertz CT molecular complexity index is 373. The molecule has 0 spiro atoms. The fourth-order valence-electron chi connectivity index (χ4n) is 1.19. The molecule has 6 nitrogen and oxygen atoms in total. The summed E-state index contributed by atoms with van der Waals surface area (Å²) in [6.45, 7) is 5.38. The van der Waals surface area contributed by atoms with Crippen LogP contribution in [0.25, 0.3) is 0 Å². The van der Waals surface area contributed by atoms with E-state index in [0.717, 1.165) is 0 Å². The molecule has 6 heteroatoms. The van der Waals surface area contributed by atoms with E-state index >= 15 is 0 Å². The van der Waals surface area contributed by atoms with Crippen molar-refractivity contribution in [1.29, 1.82) is 0 Å². The molecule has 2 N–H and O–H groups in total. The predicted octanol–water partition coefficient (Wildman–Crippen LogP) is 0.787. The van der Waals surface area contributed by atoms with Gasteiger partial charge in [-0.25, -0.2) is 9.59 Å². The van der Waals surface area contributed by atoms with Crippen molar-refractivity contribution in [2.75, 3.05) is 26.4 Å². The molecule has 0 aromatic heterocycles. The van der Waals surface area contributed by atoms with Crippen molar-refractivity contribution in [2.45, 2.75) is 0 Å². The van der Waals surface area contributed by atoms with E-state index in [1.807, 2.05) is 0 Å². The molecule has 0 aliphatic carbocycles. The fraction of sp³-hybridized carbons (Fsp3) is 0.286. The third-order valence-electron chi connectivity index (χ3n) is 2.01. The molecule has 0 bridgehead atoms. The number of esters is 2. The van der Waals surface area contributed by atoms with Gasteiger partial charge in [0.15, 0.2) is 0 Å². The van der Waals surface area contributed by atoms with Gasteiger partial charge in [-0.3, -0.25) is 0 Å². The Hall–Kier alpha value is -2.18. The van der Waals surface area contributed by atoms with Crippen molar-refractivity contribution in [1.82, 2.24) is 0 Å². The summed E-state index contributed by atoms with van der Waals surface area (Å²) in [5.74, 6) is -1.14. The molecule has 110 valence electrons. The Labute approximate surface area is 117 Å². The molecule has 0 amide bonds. The third-order valence-corrected chi connectivity index (χ3v) is 2.01. The van der Waals surface area contributed by atoms with Crippen LogP contribution in [0.2, 0.25) is 0 Å². The maximum atomic E-state index is 11.4. The second kappa shape index (κ2) is 10.7. The van der Waals surface area contributed by atoms with Crippen molar-refractivity contribution in [3.63, 3.8) is 0 Å². The topological polar surface area (TPSA) is 93.1 Å². The van der Waals surface area contributed by atoms with Crippen LogP contribution in [0.1, 0.15) is 20.7 Å². The Kier molecular flexibility index (Phi) is 9.55. The van der Waals surface area contributed by atoms with E-state index in [-0.39, 0.29) is 37.6 Å². The average Bonchev–Trinajstić information content (AvgIpc) is 2.52. The van der Waals surface area contributed by atoms with E-state index < -0.39 is 11.9 Å². The smallest absolute Gasteiger partial charge is 0.338 e. The largest absolute Gasteiger partial charge is 0.460 e. The van der Waals surface area contributed by atoms with Crippen molar-refractivity contribution >= 4 is 11.9 Å². The number of benzene rings is 1. The van der Waals surface area contributed by atoms with Crippen LogP contribution in [0.15, 0.2) is 37.4 Å². The molecule has 1 rings (SSSR count). The highest BCUT2D eigenvalue weighted by molar-refractivity contribution is 5.93. The first-order valence-corrected chi connectivity index (χ1v) is 5.85. The monoisotopic (exact) mass is 282 g/mol. The molecule has 0 heterocycles. The molecule has 1 aromatic rings. The van der Waals surface area contributed by atoms with Crippen molar-refractivity contribution < 1.29 is 29.3 Å². The average molecular weight is 282 g/mol. The van der Waals surface area contributed by atoms with E-state index in [4.69, 9.17) is 19.7 Å². The minimum atomic E-state index is -0.570. The van der Waals surface area contributed by atoms with Gasteiger partial charge < -0.3 is 19.7 Å². The van der Waals surface area contributed by atoms with Crippen LogP contribution in [0.3, 0.4) is 0 Å². The lowest BCUT2D eigenvalue weighted by Crippen LogP contribution is -2.11. The van der Waals surface area contributed by atoms with Gasteiger partial charge in [0.2, 0.25) is 0 Å². The molecule has 0 atom stereocenters. The fourth-order valence-corrected chi connectivity index (χ4v) is 1.19. The molecular weight excluding hydrogens is 264 g/mol. The lowest BCUT2D eigenvalue weighted by atomic mass is 10.1. The lowest BCUT2D eigenvalue weighted by molar-refractivity contribution is 0.0422. The van der Waals surface area contributed by atoms with Crippen LogP contribution in [0.5, 0.6) is 0 Å². The minimum Gasteiger partial charge on any atom is -0.460 e. The summed E-state index contributed by atoms with van der Waals surface area (Å²) in [5, 5.41) is 17.0. The van der Waals surface area contributed by atoms with Gasteiger partial charge in [0, 0.05) is 0 Å². The number of hydrogen-bond acceptors (Lipinski definition) is 6. The second-order valence-electron chi connectivity index (χ2n) is 3.30. The highest BCUT2D eigenvalue weighted by Gasteiger charge is 2.10. The van der Waals surface area contributed by atoms with Gasteiger partial charge in [-0.1, -0.05) is 0 Å². The van der Waals surface area contributed by atoms with Gasteiger partial charge >= 0.3 is 11.9 Å². The first-order valence-electron chi connectivity index (χ1n) is 5.85. The number of aliphatic hydroxyl groups is 2. The van der Waals surface area contributed by atoms with Crippen LogP contribution in [0, 0.1) is 0 Å². The Balaban J connectivity index is 0.00000172. The normalized spacial score (nSPS) is 9.10. The van der Waals surface area contributed by atoms with Gasteiger partial charge in [-0.2, -0.15) is 0 Å². The summed E-state index contributed by atoms with van der Waals surface area (Å²) >= 11 is 0. The molecule has 0 fully saturated rings. The minimum absolute atomic E-state index is 0.0703. The molecule has 0 aliphatic rings. The quantitative estimate of drug-likeness (QED) is 0.592. The summed E-state index contributed by atoms with van der Waals surface area (Å²) < 4.78 is 9.41. The molecule has 0 unspecified atom stereocenters. The summed E-state index contributed by atoms with van der Waals surface area (Å²) in [4.78, 5) is 22.7. The van der Waals surface area contributed by atoms with E-state index in [2.05, 4.69) is 13.2 Å². The summed E-state index contributed by atoms with van der Waals surface area (Å²) in [6, 6.07) is 5.70. The number of rotatable bonds is 6. The van der Waals surface area contributed by atoms with E-state index in [9.17, 15) is 9.59 Å². The highest BCUT2D eigenvalue weighted by Crippen LogP contribution is 2.07. The van der Waals surface area contributed by atoms with Gasteiger partial charge in [-0.05, 0) is 24.3 Å². The SMILES string of the molecule is C=C.O=C(OCCO)c1ccc(C(=O)OCCO)cc1. The van der Waals surface area contributed by atoms with Crippen molar-refractivity contribution in [2.24, 2.45) is 0 Å². The van der Waals surface area contributed by atoms with E-state index in [1.165, 1.54) is 24.3 Å². The summed E-state index contributed by atoms with van der Waals surface area (Å²) in [6.07, 6.45) is 0. The van der Waals surface area contributed by atoms with Crippen LogP contribution < -0.4 is 0 Å². The number of aliphatic hydroxyl groups excluding tert-OH is 2. The molecule has 1 aromatic carbocycles. The lowest BCUT2D eigenvalue weighted by Gasteiger charge is -2.05. The third kappa shape index (κ3) is 6.12. The number of carbonyl (C=O) groups is 2. The zero-order valence-corrected chi connectivity index (χ0v) is 11.1. The Morgan fingerprint density at radius 3 is 1.40 bits per heavy atom. The molecular formula is C14H18O6. The zero-order chi connectivity index (χ0) is 15.4. The van der Waals surface area contributed by atoms with Crippen LogP contribution in [-0.2, 0) is 9.47 Å². The summed E-state index contributed by atoms with van der Waals surface area (Å²) in [7, 11) is 0. The highest BCUT2D eigenvalue weighted by atomic mass is 16.5. The molecule has 0 radical (unpaired) electrons. The van der Waals surface area contributed by atoms with Gasteiger partial charge in [0.1, 0.15) is 13.2 Å². The van der Waals surface area contributed by atoms with Crippen LogP contribution >= 0.6 is 0 Å². The summed E-state index contributed by atoms with van der Waals surface area (Å²) in [5.41, 5.74) is 0.560. The molecule has 0 saturated heterocycles. The Morgan fingerprint density at radius 2 is 1.15 bits per heavy atom. The zero-order valence-electron chi connectivity index (χ0n) is 11.1. The predicted molar refractivity (Wildman–Crippen MR) is 72.4 cm³/mol. The van der Waals surface area contributed by atoms with Gasteiger partial charge in [0.25, 0.3) is 0 Å². The number of carbonyl (C=O) groups excluding carboxylic acids is 2. The van der Waals surface area contributed by atoms with Gasteiger partial charge in [0.05, 0.1) is 24.3 Å². The van der Waals surface area contributed by atoms with Crippen molar-refractivity contribution in [3.05, 3.63) is 48.6 Å². The van der Waals surface area contributed by atoms with E-state index in [1.54, 1.807) is 0 Å².